The average Bonchev–Trinajstić information content (AvgIpc) is 3.16. The Labute approximate surface area is 127 Å². The van der Waals surface area contributed by atoms with Crippen LogP contribution in [0.2, 0.25) is 0 Å². The van der Waals surface area contributed by atoms with Gasteiger partial charge in [0.15, 0.2) is 0 Å². The van der Waals surface area contributed by atoms with E-state index in [0.29, 0.717) is 5.92 Å². The maximum absolute atomic E-state index is 12.2. The van der Waals surface area contributed by atoms with E-state index in [9.17, 15) is 4.79 Å². The van der Waals surface area contributed by atoms with Crippen molar-refractivity contribution in [3.63, 3.8) is 0 Å². The van der Waals surface area contributed by atoms with Gasteiger partial charge in [0.25, 0.3) is 0 Å². The number of benzene rings is 1. The molecule has 1 aliphatic carbocycles. The van der Waals surface area contributed by atoms with Crippen molar-refractivity contribution in [3.05, 3.63) is 29.8 Å². The Bertz CT molecular complexity index is 494. The van der Waals surface area contributed by atoms with E-state index in [-0.39, 0.29) is 11.8 Å². The summed E-state index contributed by atoms with van der Waals surface area (Å²) in [7, 11) is 0. The van der Waals surface area contributed by atoms with Crippen molar-refractivity contribution in [2.24, 2.45) is 11.8 Å². The van der Waals surface area contributed by atoms with E-state index < -0.39 is 0 Å². The molecule has 1 atom stereocenters. The van der Waals surface area contributed by atoms with Gasteiger partial charge in [-0.25, -0.2) is 0 Å². The highest BCUT2D eigenvalue weighted by molar-refractivity contribution is 5.78. The zero-order valence-electron chi connectivity index (χ0n) is 13.0. The predicted molar refractivity (Wildman–Crippen MR) is 86.5 cm³/mol. The van der Waals surface area contributed by atoms with E-state index in [4.69, 9.17) is 0 Å². The van der Waals surface area contributed by atoms with Crippen molar-refractivity contribution >= 4 is 11.6 Å². The number of carbonyl (C=O) groups excluding carboxylic acids is 1. The summed E-state index contributed by atoms with van der Waals surface area (Å²) < 4.78 is 0. The van der Waals surface area contributed by atoms with E-state index in [0.717, 1.165) is 26.1 Å². The van der Waals surface area contributed by atoms with Gasteiger partial charge in [-0.3, -0.25) is 4.79 Å². The molecule has 1 saturated carbocycles. The first kappa shape index (κ1) is 14.4. The molecule has 0 bridgehead atoms. The number of nitrogens with zero attached hydrogens (tertiary/aromatic N) is 1. The van der Waals surface area contributed by atoms with Crippen molar-refractivity contribution in [2.45, 2.75) is 39.0 Å². The number of amides is 1. The van der Waals surface area contributed by atoms with E-state index in [1.54, 1.807) is 0 Å². The molecular weight excluding hydrogens is 260 g/mol. The van der Waals surface area contributed by atoms with E-state index in [1.807, 2.05) is 0 Å². The smallest absolute Gasteiger partial charge is 0.223 e. The summed E-state index contributed by atoms with van der Waals surface area (Å²) in [5.74, 6) is 1.03. The predicted octanol–water partition coefficient (Wildman–Crippen LogP) is 2.99. The maximum Gasteiger partial charge on any atom is 0.223 e. The molecule has 1 aliphatic heterocycles. The SMILES string of the molecule is CC(C(=O)NCCN1CCc2ccccc21)C1CCCC1. The lowest BCUT2D eigenvalue weighted by Gasteiger charge is -2.22. The summed E-state index contributed by atoms with van der Waals surface area (Å²) in [6.45, 7) is 4.84. The second-order valence-corrected chi connectivity index (χ2v) is 6.49. The van der Waals surface area contributed by atoms with Gasteiger partial charge in [0.05, 0.1) is 0 Å². The molecule has 1 aromatic carbocycles. The van der Waals surface area contributed by atoms with Gasteiger partial charge in [0.2, 0.25) is 5.91 Å². The van der Waals surface area contributed by atoms with Crippen LogP contribution in [0.4, 0.5) is 5.69 Å². The number of hydrogen-bond donors (Lipinski definition) is 1. The average molecular weight is 286 g/mol. The Kier molecular flexibility index (Phi) is 4.47. The zero-order chi connectivity index (χ0) is 14.7. The molecule has 1 fully saturated rings. The maximum atomic E-state index is 12.2. The summed E-state index contributed by atoms with van der Waals surface area (Å²) in [4.78, 5) is 14.6. The van der Waals surface area contributed by atoms with Crippen LogP contribution in [-0.4, -0.2) is 25.5 Å². The minimum Gasteiger partial charge on any atom is -0.369 e. The van der Waals surface area contributed by atoms with E-state index >= 15 is 0 Å². The number of anilines is 1. The second-order valence-electron chi connectivity index (χ2n) is 6.49. The standard InChI is InChI=1S/C18H26N2O/c1-14(15-6-2-3-7-15)18(21)19-11-13-20-12-10-16-8-4-5-9-17(16)20/h4-5,8-9,14-15H,2-3,6-7,10-13H2,1H3,(H,19,21). The lowest BCUT2D eigenvalue weighted by molar-refractivity contribution is -0.125. The van der Waals surface area contributed by atoms with Gasteiger partial charge in [-0.05, 0) is 36.8 Å². The minimum atomic E-state index is 0.179. The molecule has 3 heteroatoms. The molecule has 3 rings (SSSR count). The molecule has 1 N–H and O–H groups in total. The van der Waals surface area contributed by atoms with Gasteiger partial charge in [-0.15, -0.1) is 0 Å². The lowest BCUT2D eigenvalue weighted by Crippen LogP contribution is -2.38. The summed E-state index contributed by atoms with van der Waals surface area (Å²) in [5.41, 5.74) is 2.78. The number of rotatable bonds is 5. The van der Waals surface area contributed by atoms with Crippen molar-refractivity contribution in [2.75, 3.05) is 24.5 Å². The van der Waals surface area contributed by atoms with E-state index in [1.165, 1.54) is 36.9 Å². The summed E-state index contributed by atoms with van der Waals surface area (Å²) in [6, 6.07) is 8.59. The van der Waals surface area contributed by atoms with Crippen LogP contribution in [0, 0.1) is 11.8 Å². The molecule has 21 heavy (non-hydrogen) atoms. The highest BCUT2D eigenvalue weighted by Crippen LogP contribution is 2.31. The Morgan fingerprint density at radius 1 is 1.33 bits per heavy atom. The number of nitrogens with one attached hydrogen (secondary N) is 1. The first-order valence-corrected chi connectivity index (χ1v) is 8.36. The molecule has 1 aromatic rings. The lowest BCUT2D eigenvalue weighted by atomic mass is 9.92. The molecule has 1 amide bonds. The van der Waals surface area contributed by atoms with Crippen molar-refractivity contribution in [3.8, 4) is 0 Å². The Hall–Kier alpha value is -1.51. The molecule has 2 aliphatic rings. The van der Waals surface area contributed by atoms with Crippen LogP contribution in [0.15, 0.2) is 24.3 Å². The van der Waals surface area contributed by atoms with Gasteiger partial charge in [0, 0.05) is 31.2 Å². The highest BCUT2D eigenvalue weighted by Gasteiger charge is 2.26. The van der Waals surface area contributed by atoms with E-state index in [2.05, 4.69) is 41.4 Å². The molecule has 114 valence electrons. The fourth-order valence-corrected chi connectivity index (χ4v) is 3.79. The molecule has 1 unspecified atom stereocenters. The highest BCUT2D eigenvalue weighted by atomic mass is 16.1. The fourth-order valence-electron chi connectivity index (χ4n) is 3.79. The monoisotopic (exact) mass is 286 g/mol. The summed E-state index contributed by atoms with van der Waals surface area (Å²) >= 11 is 0. The summed E-state index contributed by atoms with van der Waals surface area (Å²) in [6.07, 6.45) is 6.18. The topological polar surface area (TPSA) is 32.3 Å². The first-order chi connectivity index (χ1) is 10.3. The van der Waals surface area contributed by atoms with Crippen LogP contribution < -0.4 is 10.2 Å². The second kappa shape index (κ2) is 6.50. The van der Waals surface area contributed by atoms with Crippen LogP contribution in [0.1, 0.15) is 38.2 Å². The number of carbonyl (C=O) groups is 1. The third-order valence-corrected chi connectivity index (χ3v) is 5.18. The normalized spacial score (nSPS) is 19.6. The first-order valence-electron chi connectivity index (χ1n) is 8.36. The molecule has 1 heterocycles. The molecule has 0 saturated heterocycles. The van der Waals surface area contributed by atoms with Crippen molar-refractivity contribution < 1.29 is 4.79 Å². The third kappa shape index (κ3) is 3.22. The van der Waals surface area contributed by atoms with Crippen LogP contribution in [0.5, 0.6) is 0 Å². The van der Waals surface area contributed by atoms with Crippen LogP contribution in [0.3, 0.4) is 0 Å². The minimum absolute atomic E-state index is 0.179. The zero-order valence-corrected chi connectivity index (χ0v) is 13.0. The van der Waals surface area contributed by atoms with Gasteiger partial charge >= 0.3 is 0 Å². The van der Waals surface area contributed by atoms with Gasteiger partial charge in [-0.2, -0.15) is 0 Å². The number of fused-ring (bicyclic) bond motifs is 1. The van der Waals surface area contributed by atoms with Gasteiger partial charge < -0.3 is 10.2 Å². The number of para-hydroxylation sites is 1. The quantitative estimate of drug-likeness (QED) is 0.902. The molecule has 0 spiro atoms. The number of hydrogen-bond acceptors (Lipinski definition) is 2. The molecule has 3 nitrogen and oxygen atoms in total. The summed E-state index contributed by atoms with van der Waals surface area (Å²) in [5, 5.41) is 3.14. The largest absolute Gasteiger partial charge is 0.369 e. The van der Waals surface area contributed by atoms with Crippen LogP contribution >= 0.6 is 0 Å². The molecular formula is C18H26N2O. The van der Waals surface area contributed by atoms with Gasteiger partial charge in [0.1, 0.15) is 0 Å². The van der Waals surface area contributed by atoms with Crippen molar-refractivity contribution in [1.29, 1.82) is 0 Å². The molecule has 0 aromatic heterocycles. The molecule has 0 radical (unpaired) electrons. The van der Waals surface area contributed by atoms with Gasteiger partial charge in [-0.1, -0.05) is 38.0 Å². The Morgan fingerprint density at radius 2 is 2.10 bits per heavy atom. The van der Waals surface area contributed by atoms with Crippen molar-refractivity contribution in [1.82, 2.24) is 5.32 Å². The Balaban J connectivity index is 1.45. The van der Waals surface area contributed by atoms with Crippen LogP contribution in [-0.2, 0) is 11.2 Å². The fraction of sp³-hybridized carbons (Fsp3) is 0.611. The Morgan fingerprint density at radius 3 is 2.90 bits per heavy atom. The third-order valence-electron chi connectivity index (χ3n) is 5.18. The van der Waals surface area contributed by atoms with Crippen LogP contribution in [0.25, 0.3) is 0 Å².